The Morgan fingerprint density at radius 1 is 1.24 bits per heavy atom. The van der Waals surface area contributed by atoms with Gasteiger partial charge in [0.25, 0.3) is 5.91 Å². The SMILES string of the molecule is Cc1cc(CSc2ncccc2C(=O)NC(C)c2ccccc2)no1. The standard InChI is InChI=1S/C19H19N3O2S/c1-13-11-16(22-24-13)12-25-19-17(9-6-10-20-19)18(23)21-14(2)15-7-4-3-5-8-15/h3-11,14H,12H2,1-2H3,(H,21,23). The maximum absolute atomic E-state index is 12.7. The van der Waals surface area contributed by atoms with Gasteiger partial charge in [-0.05, 0) is 31.5 Å². The number of hydrogen-bond donors (Lipinski definition) is 1. The minimum absolute atomic E-state index is 0.0788. The van der Waals surface area contributed by atoms with E-state index in [1.54, 1.807) is 18.3 Å². The second kappa shape index (κ2) is 7.98. The quantitative estimate of drug-likeness (QED) is 0.674. The van der Waals surface area contributed by atoms with Crippen LogP contribution in [0.2, 0.25) is 0 Å². The molecule has 25 heavy (non-hydrogen) atoms. The van der Waals surface area contributed by atoms with Crippen LogP contribution in [0.4, 0.5) is 0 Å². The van der Waals surface area contributed by atoms with Gasteiger partial charge in [0, 0.05) is 18.0 Å². The number of hydrogen-bond acceptors (Lipinski definition) is 5. The lowest BCUT2D eigenvalue weighted by Crippen LogP contribution is -2.27. The lowest BCUT2D eigenvalue weighted by Gasteiger charge is -2.15. The zero-order valence-corrected chi connectivity index (χ0v) is 14.9. The lowest BCUT2D eigenvalue weighted by molar-refractivity contribution is 0.0936. The minimum atomic E-state index is -0.136. The van der Waals surface area contributed by atoms with Crippen molar-refractivity contribution in [3.63, 3.8) is 0 Å². The van der Waals surface area contributed by atoms with E-state index in [2.05, 4.69) is 15.5 Å². The van der Waals surface area contributed by atoms with Crippen molar-refractivity contribution in [1.29, 1.82) is 0 Å². The summed E-state index contributed by atoms with van der Waals surface area (Å²) in [5.41, 5.74) is 2.46. The van der Waals surface area contributed by atoms with E-state index in [-0.39, 0.29) is 11.9 Å². The summed E-state index contributed by atoms with van der Waals surface area (Å²) in [5, 5.41) is 7.68. The number of thioether (sulfide) groups is 1. The molecule has 1 amide bonds. The van der Waals surface area contributed by atoms with E-state index >= 15 is 0 Å². The van der Waals surface area contributed by atoms with Crippen molar-refractivity contribution in [3.05, 3.63) is 77.3 Å². The third-order valence-electron chi connectivity index (χ3n) is 3.70. The van der Waals surface area contributed by atoms with E-state index in [0.29, 0.717) is 16.3 Å². The number of aromatic nitrogens is 2. The molecule has 0 aliphatic rings. The van der Waals surface area contributed by atoms with Crippen molar-refractivity contribution in [2.24, 2.45) is 0 Å². The summed E-state index contributed by atoms with van der Waals surface area (Å²) in [4.78, 5) is 17.0. The number of pyridine rings is 1. The monoisotopic (exact) mass is 353 g/mol. The van der Waals surface area contributed by atoms with Crippen molar-refractivity contribution in [2.75, 3.05) is 0 Å². The van der Waals surface area contributed by atoms with Gasteiger partial charge in [0.2, 0.25) is 0 Å². The molecule has 2 aromatic heterocycles. The van der Waals surface area contributed by atoms with Crippen LogP contribution in [-0.4, -0.2) is 16.0 Å². The zero-order valence-electron chi connectivity index (χ0n) is 14.1. The van der Waals surface area contributed by atoms with Crippen LogP contribution in [0.25, 0.3) is 0 Å². The molecule has 2 heterocycles. The number of nitrogens with one attached hydrogen (secondary N) is 1. The highest BCUT2D eigenvalue weighted by molar-refractivity contribution is 7.98. The summed E-state index contributed by atoms with van der Waals surface area (Å²) in [5.74, 6) is 1.23. The largest absolute Gasteiger partial charge is 0.361 e. The summed E-state index contributed by atoms with van der Waals surface area (Å²) in [7, 11) is 0. The number of nitrogens with zero attached hydrogens (tertiary/aromatic N) is 2. The Bertz CT molecular complexity index is 849. The van der Waals surface area contributed by atoms with E-state index in [4.69, 9.17) is 4.52 Å². The predicted molar refractivity (Wildman–Crippen MR) is 97.4 cm³/mol. The van der Waals surface area contributed by atoms with Gasteiger partial charge in [0.1, 0.15) is 10.8 Å². The van der Waals surface area contributed by atoms with E-state index in [0.717, 1.165) is 17.0 Å². The number of carbonyl (C=O) groups excluding carboxylic acids is 1. The third kappa shape index (κ3) is 4.48. The van der Waals surface area contributed by atoms with E-state index in [9.17, 15) is 4.79 Å². The Labute approximate surface area is 150 Å². The molecule has 1 aromatic carbocycles. The second-order valence-electron chi connectivity index (χ2n) is 5.68. The summed E-state index contributed by atoms with van der Waals surface area (Å²) in [6, 6.07) is 15.2. The molecule has 0 saturated heterocycles. The fourth-order valence-electron chi connectivity index (χ4n) is 2.41. The Balaban J connectivity index is 1.70. The molecule has 1 unspecified atom stereocenters. The molecule has 0 bridgehead atoms. The molecule has 3 rings (SSSR count). The van der Waals surface area contributed by atoms with Crippen molar-refractivity contribution >= 4 is 17.7 Å². The van der Waals surface area contributed by atoms with Crippen LogP contribution in [0.15, 0.2) is 64.3 Å². The van der Waals surface area contributed by atoms with Crippen LogP contribution < -0.4 is 5.32 Å². The van der Waals surface area contributed by atoms with Gasteiger partial charge >= 0.3 is 0 Å². The molecular formula is C19H19N3O2S. The average molecular weight is 353 g/mol. The molecule has 5 nitrogen and oxygen atoms in total. The topological polar surface area (TPSA) is 68.0 Å². The number of aryl methyl sites for hydroxylation is 1. The van der Waals surface area contributed by atoms with Crippen molar-refractivity contribution in [1.82, 2.24) is 15.5 Å². The molecular weight excluding hydrogens is 334 g/mol. The fraction of sp³-hybridized carbons (Fsp3) is 0.211. The van der Waals surface area contributed by atoms with Crippen LogP contribution in [0, 0.1) is 6.92 Å². The van der Waals surface area contributed by atoms with Crippen molar-refractivity contribution in [3.8, 4) is 0 Å². The van der Waals surface area contributed by atoms with Gasteiger partial charge in [-0.15, -0.1) is 0 Å². The second-order valence-corrected chi connectivity index (χ2v) is 6.64. The molecule has 128 valence electrons. The lowest BCUT2D eigenvalue weighted by atomic mass is 10.1. The molecule has 1 N–H and O–H groups in total. The Morgan fingerprint density at radius 2 is 2.04 bits per heavy atom. The van der Waals surface area contributed by atoms with Crippen LogP contribution in [0.1, 0.15) is 40.3 Å². The van der Waals surface area contributed by atoms with Crippen LogP contribution in [-0.2, 0) is 5.75 Å². The number of rotatable bonds is 6. The maximum atomic E-state index is 12.7. The maximum Gasteiger partial charge on any atom is 0.254 e. The molecule has 3 aromatic rings. The normalized spacial score (nSPS) is 11.9. The highest BCUT2D eigenvalue weighted by Gasteiger charge is 2.16. The first-order valence-corrected chi connectivity index (χ1v) is 8.98. The summed E-state index contributed by atoms with van der Waals surface area (Å²) >= 11 is 1.47. The van der Waals surface area contributed by atoms with Crippen molar-refractivity contribution in [2.45, 2.75) is 30.7 Å². The molecule has 0 aliphatic carbocycles. The van der Waals surface area contributed by atoms with Gasteiger partial charge in [0.15, 0.2) is 0 Å². The molecule has 0 saturated carbocycles. The molecule has 0 radical (unpaired) electrons. The number of carbonyl (C=O) groups is 1. The molecule has 6 heteroatoms. The van der Waals surface area contributed by atoms with Crippen LogP contribution in [0.3, 0.4) is 0 Å². The summed E-state index contributed by atoms with van der Waals surface area (Å²) in [6.45, 7) is 3.82. The zero-order chi connectivity index (χ0) is 17.6. The smallest absolute Gasteiger partial charge is 0.254 e. The van der Waals surface area contributed by atoms with Crippen LogP contribution in [0.5, 0.6) is 0 Å². The first-order valence-electron chi connectivity index (χ1n) is 7.99. The third-order valence-corrected chi connectivity index (χ3v) is 4.74. The van der Waals surface area contributed by atoms with Crippen molar-refractivity contribution < 1.29 is 9.32 Å². The Morgan fingerprint density at radius 3 is 2.76 bits per heavy atom. The number of benzene rings is 1. The number of amides is 1. The first-order chi connectivity index (χ1) is 12.1. The minimum Gasteiger partial charge on any atom is -0.361 e. The highest BCUT2D eigenvalue weighted by atomic mass is 32.2. The van der Waals surface area contributed by atoms with Gasteiger partial charge in [-0.1, -0.05) is 47.3 Å². The fourth-order valence-corrected chi connectivity index (χ4v) is 3.28. The van der Waals surface area contributed by atoms with Gasteiger partial charge < -0.3 is 9.84 Å². The average Bonchev–Trinajstić information content (AvgIpc) is 3.06. The van der Waals surface area contributed by atoms with E-state index < -0.39 is 0 Å². The van der Waals surface area contributed by atoms with Crippen LogP contribution >= 0.6 is 11.8 Å². The van der Waals surface area contributed by atoms with Gasteiger partial charge in [0.05, 0.1) is 17.3 Å². The molecule has 0 fully saturated rings. The first kappa shape index (κ1) is 17.2. The summed E-state index contributed by atoms with van der Waals surface area (Å²) < 4.78 is 5.07. The van der Waals surface area contributed by atoms with E-state index in [1.807, 2.05) is 50.2 Å². The highest BCUT2D eigenvalue weighted by Crippen LogP contribution is 2.24. The summed E-state index contributed by atoms with van der Waals surface area (Å²) in [6.07, 6.45) is 1.69. The van der Waals surface area contributed by atoms with Gasteiger partial charge in [-0.2, -0.15) is 0 Å². The van der Waals surface area contributed by atoms with Gasteiger partial charge in [-0.25, -0.2) is 4.98 Å². The Kier molecular flexibility index (Phi) is 5.50. The molecule has 1 atom stereocenters. The van der Waals surface area contributed by atoms with E-state index in [1.165, 1.54) is 11.8 Å². The molecule has 0 aliphatic heterocycles. The molecule has 0 spiro atoms. The predicted octanol–water partition coefficient (Wildman–Crippen LogP) is 4.16. The van der Waals surface area contributed by atoms with Gasteiger partial charge in [-0.3, -0.25) is 4.79 Å². The Hall–Kier alpha value is -2.60.